The number of fused-ring (bicyclic) bond motifs is 2. The molecule has 4 aromatic heterocycles. The van der Waals surface area contributed by atoms with Crippen molar-refractivity contribution in [3.63, 3.8) is 0 Å². The molecule has 0 radical (unpaired) electrons. The molecular weight excluding hydrogens is 419 g/mol. The standard InChI is InChI=1S/C24H15FN8/c25-19-4-3-17-14-32(15-18(17)12-19)24-28-10-6-21(31-24)22-26-9-5-20(30-22)7-11-33-23-16(13-29-33)2-1-8-27-23/h1-6,8-10,12-13H,14-15H2. The van der Waals surface area contributed by atoms with Crippen molar-refractivity contribution in [2.75, 3.05) is 4.90 Å². The zero-order chi connectivity index (χ0) is 22.2. The van der Waals surface area contributed by atoms with Crippen LogP contribution in [0.1, 0.15) is 16.8 Å². The summed E-state index contributed by atoms with van der Waals surface area (Å²) in [4.78, 5) is 24.2. The minimum Gasteiger partial charge on any atom is -0.332 e. The van der Waals surface area contributed by atoms with E-state index in [2.05, 4.69) is 42.0 Å². The van der Waals surface area contributed by atoms with Gasteiger partial charge in [0.1, 0.15) is 17.2 Å². The van der Waals surface area contributed by atoms with Gasteiger partial charge in [0.15, 0.2) is 11.5 Å². The molecule has 0 saturated carbocycles. The highest BCUT2D eigenvalue weighted by Crippen LogP contribution is 2.27. The van der Waals surface area contributed by atoms with E-state index in [1.165, 1.54) is 10.7 Å². The van der Waals surface area contributed by atoms with Gasteiger partial charge in [-0.3, -0.25) is 0 Å². The van der Waals surface area contributed by atoms with Crippen molar-refractivity contribution in [3.8, 4) is 23.5 Å². The highest BCUT2D eigenvalue weighted by molar-refractivity contribution is 5.74. The first-order valence-corrected chi connectivity index (χ1v) is 10.2. The molecule has 158 valence electrons. The van der Waals surface area contributed by atoms with E-state index >= 15 is 0 Å². The predicted octanol–water partition coefficient (Wildman–Crippen LogP) is 3.19. The molecule has 1 aromatic carbocycles. The quantitative estimate of drug-likeness (QED) is 0.395. The molecule has 0 atom stereocenters. The summed E-state index contributed by atoms with van der Waals surface area (Å²) in [5.74, 6) is 3.75. The number of nitrogens with zero attached hydrogens (tertiary/aromatic N) is 8. The smallest absolute Gasteiger partial charge is 0.226 e. The Morgan fingerprint density at radius 3 is 2.76 bits per heavy atom. The number of hydrogen-bond acceptors (Lipinski definition) is 7. The van der Waals surface area contributed by atoms with Crippen LogP contribution in [0.2, 0.25) is 0 Å². The monoisotopic (exact) mass is 434 g/mol. The van der Waals surface area contributed by atoms with Gasteiger partial charge in [0, 0.05) is 43.1 Å². The summed E-state index contributed by atoms with van der Waals surface area (Å²) in [6.07, 6.45) is 6.73. The molecule has 0 N–H and O–H groups in total. The first-order chi connectivity index (χ1) is 16.2. The van der Waals surface area contributed by atoms with E-state index in [1.807, 2.05) is 17.0 Å². The molecule has 0 saturated heterocycles. The van der Waals surface area contributed by atoms with Gasteiger partial charge in [0.05, 0.1) is 6.20 Å². The molecule has 6 rings (SSSR count). The van der Waals surface area contributed by atoms with Crippen LogP contribution in [0.3, 0.4) is 0 Å². The Morgan fingerprint density at radius 2 is 1.79 bits per heavy atom. The van der Waals surface area contributed by atoms with Crippen LogP contribution in [0.25, 0.3) is 22.6 Å². The van der Waals surface area contributed by atoms with Crippen molar-refractivity contribution in [1.82, 2.24) is 34.7 Å². The summed E-state index contributed by atoms with van der Waals surface area (Å²) in [6, 6.07) is 15.1. The van der Waals surface area contributed by atoms with Crippen molar-refractivity contribution < 1.29 is 4.39 Å². The topological polar surface area (TPSA) is 85.5 Å². The molecule has 9 heteroatoms. The molecule has 5 heterocycles. The summed E-state index contributed by atoms with van der Waals surface area (Å²) in [7, 11) is 0. The van der Waals surface area contributed by atoms with Gasteiger partial charge in [-0.25, -0.2) is 29.3 Å². The molecule has 1 aliphatic heterocycles. The number of pyridine rings is 1. The third-order valence-electron chi connectivity index (χ3n) is 5.32. The predicted molar refractivity (Wildman–Crippen MR) is 119 cm³/mol. The molecule has 0 fully saturated rings. The maximum atomic E-state index is 13.6. The van der Waals surface area contributed by atoms with Gasteiger partial charge < -0.3 is 4.90 Å². The van der Waals surface area contributed by atoms with E-state index in [0.29, 0.717) is 41.9 Å². The van der Waals surface area contributed by atoms with Gasteiger partial charge in [0.2, 0.25) is 5.95 Å². The van der Waals surface area contributed by atoms with Gasteiger partial charge in [0.25, 0.3) is 0 Å². The Morgan fingerprint density at radius 1 is 0.879 bits per heavy atom. The first-order valence-electron chi connectivity index (χ1n) is 10.2. The molecule has 8 nitrogen and oxygen atoms in total. The highest BCUT2D eigenvalue weighted by atomic mass is 19.1. The molecule has 0 aliphatic carbocycles. The Bertz CT molecular complexity index is 1570. The Hall–Kier alpha value is -4.71. The van der Waals surface area contributed by atoms with Crippen molar-refractivity contribution >= 4 is 17.0 Å². The lowest BCUT2D eigenvalue weighted by Crippen LogP contribution is -2.17. The lowest BCUT2D eigenvalue weighted by atomic mass is 10.1. The molecule has 33 heavy (non-hydrogen) atoms. The maximum Gasteiger partial charge on any atom is 0.226 e. The number of benzene rings is 1. The average Bonchev–Trinajstić information content (AvgIpc) is 3.47. The van der Waals surface area contributed by atoms with Crippen LogP contribution >= 0.6 is 0 Å². The number of hydrogen-bond donors (Lipinski definition) is 0. The van der Waals surface area contributed by atoms with Crippen LogP contribution in [0.15, 0.2) is 67.3 Å². The van der Waals surface area contributed by atoms with Crippen LogP contribution in [0.4, 0.5) is 10.3 Å². The van der Waals surface area contributed by atoms with E-state index < -0.39 is 0 Å². The summed E-state index contributed by atoms with van der Waals surface area (Å²) in [5.41, 5.74) is 3.81. The van der Waals surface area contributed by atoms with Gasteiger partial charge in [-0.05, 0) is 53.4 Å². The zero-order valence-corrected chi connectivity index (χ0v) is 17.2. The van der Waals surface area contributed by atoms with Crippen LogP contribution in [0.5, 0.6) is 0 Å². The largest absolute Gasteiger partial charge is 0.332 e. The summed E-state index contributed by atoms with van der Waals surface area (Å²) >= 11 is 0. The molecule has 0 amide bonds. The van der Waals surface area contributed by atoms with Crippen LogP contribution in [-0.2, 0) is 13.1 Å². The van der Waals surface area contributed by atoms with Crippen LogP contribution in [-0.4, -0.2) is 34.7 Å². The van der Waals surface area contributed by atoms with Crippen LogP contribution in [0, 0.1) is 17.8 Å². The first kappa shape index (κ1) is 19.0. The lowest BCUT2D eigenvalue weighted by Gasteiger charge is -2.15. The van der Waals surface area contributed by atoms with Crippen molar-refractivity contribution in [2.24, 2.45) is 0 Å². The van der Waals surface area contributed by atoms with Gasteiger partial charge in [-0.15, -0.1) is 0 Å². The molecule has 0 unspecified atom stereocenters. The van der Waals surface area contributed by atoms with E-state index in [-0.39, 0.29) is 5.82 Å². The second-order valence-electron chi connectivity index (χ2n) is 7.49. The number of rotatable bonds is 2. The lowest BCUT2D eigenvalue weighted by molar-refractivity contribution is 0.626. The molecule has 1 aliphatic rings. The summed E-state index contributed by atoms with van der Waals surface area (Å²) < 4.78 is 15.1. The van der Waals surface area contributed by atoms with Crippen molar-refractivity contribution in [1.29, 1.82) is 0 Å². The Kier molecular flexibility index (Phi) is 4.47. The third-order valence-corrected chi connectivity index (χ3v) is 5.32. The van der Waals surface area contributed by atoms with E-state index in [4.69, 9.17) is 0 Å². The fourth-order valence-electron chi connectivity index (χ4n) is 3.74. The second kappa shape index (κ2) is 7.76. The molecular formula is C24H15FN8. The molecule has 0 bridgehead atoms. The second-order valence-corrected chi connectivity index (χ2v) is 7.49. The molecule has 5 aromatic rings. The number of halogens is 1. The van der Waals surface area contributed by atoms with Crippen molar-refractivity contribution in [2.45, 2.75) is 13.1 Å². The summed E-state index contributed by atoms with van der Waals surface area (Å²) in [6.45, 7) is 1.17. The van der Waals surface area contributed by atoms with Gasteiger partial charge in [-0.2, -0.15) is 9.78 Å². The van der Waals surface area contributed by atoms with Gasteiger partial charge in [-0.1, -0.05) is 6.07 Å². The highest BCUT2D eigenvalue weighted by Gasteiger charge is 2.22. The molecule has 0 spiro atoms. The van der Waals surface area contributed by atoms with E-state index in [9.17, 15) is 4.39 Å². The fraction of sp³-hybridized carbons (Fsp3) is 0.0833. The summed E-state index contributed by atoms with van der Waals surface area (Å²) in [5, 5.41) is 5.17. The van der Waals surface area contributed by atoms with Crippen LogP contribution < -0.4 is 4.90 Å². The minimum absolute atomic E-state index is 0.240. The van der Waals surface area contributed by atoms with E-state index in [1.54, 1.807) is 49.1 Å². The van der Waals surface area contributed by atoms with Crippen molar-refractivity contribution in [3.05, 3.63) is 89.9 Å². The normalized spacial score (nSPS) is 12.5. The Balaban J connectivity index is 1.28. The fourth-order valence-corrected chi connectivity index (χ4v) is 3.74. The average molecular weight is 434 g/mol. The van der Waals surface area contributed by atoms with E-state index in [0.717, 1.165) is 16.5 Å². The number of aromatic nitrogens is 7. The third kappa shape index (κ3) is 3.64. The maximum absolute atomic E-state index is 13.6. The zero-order valence-electron chi connectivity index (χ0n) is 17.2. The Labute approximate surface area is 187 Å². The minimum atomic E-state index is -0.240. The van der Waals surface area contributed by atoms with Gasteiger partial charge >= 0.3 is 0 Å². The SMILES string of the molecule is Fc1ccc2c(c1)CN(c1nccc(-c3nccc(C#Cn4ncc5cccnc54)n3)n1)C2. The number of anilines is 1.